The van der Waals surface area contributed by atoms with Gasteiger partial charge in [-0.3, -0.25) is 0 Å². The van der Waals surface area contributed by atoms with Gasteiger partial charge in [0.1, 0.15) is 5.44 Å². The summed E-state index contributed by atoms with van der Waals surface area (Å²) in [5, 5.41) is 0. The van der Waals surface area contributed by atoms with E-state index in [0.717, 1.165) is 6.61 Å². The fourth-order valence-corrected chi connectivity index (χ4v) is 0.570. The average Bonchev–Trinajstić information content (AvgIpc) is 1.82. The second-order valence-electron chi connectivity index (χ2n) is 3.36. The zero-order valence-electron chi connectivity index (χ0n) is 7.29. The lowest BCUT2D eigenvalue weighted by Crippen LogP contribution is -2.15. The lowest BCUT2D eigenvalue weighted by atomic mass is 10.2. The van der Waals surface area contributed by atoms with Crippen LogP contribution in [-0.2, 0) is 4.74 Å². The molecular formula is C8H18OS. The van der Waals surface area contributed by atoms with E-state index in [1.165, 1.54) is 0 Å². The summed E-state index contributed by atoms with van der Waals surface area (Å²) in [5.74, 6) is 1.11. The summed E-state index contributed by atoms with van der Waals surface area (Å²) < 4.78 is 5.43. The van der Waals surface area contributed by atoms with E-state index >= 15 is 0 Å². The molecule has 0 saturated carbocycles. The summed E-state index contributed by atoms with van der Waals surface area (Å²) in [6.45, 7) is 9.31. The zero-order chi connectivity index (χ0) is 8.15. The van der Waals surface area contributed by atoms with Gasteiger partial charge in [-0.1, -0.05) is 27.7 Å². The lowest BCUT2D eigenvalue weighted by molar-refractivity contribution is 0.0659. The molecule has 1 unspecified atom stereocenters. The van der Waals surface area contributed by atoms with Crippen molar-refractivity contribution in [2.45, 2.75) is 33.1 Å². The Morgan fingerprint density at radius 2 is 1.70 bits per heavy atom. The van der Waals surface area contributed by atoms with Crippen LogP contribution in [0.4, 0.5) is 0 Å². The number of hydrogen-bond acceptors (Lipinski definition) is 2. The maximum atomic E-state index is 5.43. The predicted octanol–water partition coefficient (Wildman–Crippen LogP) is 2.57. The van der Waals surface area contributed by atoms with Crippen LogP contribution in [0.15, 0.2) is 0 Å². The van der Waals surface area contributed by atoms with E-state index in [-0.39, 0.29) is 5.44 Å². The molecule has 0 aromatic carbocycles. The normalized spacial score (nSPS) is 14.7. The van der Waals surface area contributed by atoms with Crippen LogP contribution in [0, 0.1) is 11.8 Å². The molecule has 0 aromatic rings. The molecule has 0 fully saturated rings. The van der Waals surface area contributed by atoms with E-state index in [1.807, 2.05) is 0 Å². The maximum absolute atomic E-state index is 5.43. The molecular weight excluding hydrogens is 144 g/mol. The van der Waals surface area contributed by atoms with E-state index in [9.17, 15) is 0 Å². The number of thiol groups is 1. The van der Waals surface area contributed by atoms with E-state index < -0.39 is 0 Å². The SMILES string of the molecule is CC(C)COC(S)C(C)C. The summed E-state index contributed by atoms with van der Waals surface area (Å²) in [6.07, 6.45) is 0. The first-order valence-electron chi connectivity index (χ1n) is 3.83. The highest BCUT2D eigenvalue weighted by molar-refractivity contribution is 7.80. The van der Waals surface area contributed by atoms with Crippen LogP contribution in [-0.4, -0.2) is 12.0 Å². The highest BCUT2D eigenvalue weighted by Gasteiger charge is 2.07. The van der Waals surface area contributed by atoms with Crippen LogP contribution >= 0.6 is 12.6 Å². The van der Waals surface area contributed by atoms with Crippen LogP contribution in [0.3, 0.4) is 0 Å². The number of rotatable bonds is 4. The largest absolute Gasteiger partial charge is 0.367 e. The first-order valence-corrected chi connectivity index (χ1v) is 4.35. The molecule has 0 rings (SSSR count). The molecule has 62 valence electrons. The Labute approximate surface area is 69.6 Å². The van der Waals surface area contributed by atoms with Gasteiger partial charge >= 0.3 is 0 Å². The first kappa shape index (κ1) is 10.3. The first-order chi connectivity index (χ1) is 4.54. The van der Waals surface area contributed by atoms with Crippen molar-refractivity contribution >= 4 is 12.6 Å². The minimum absolute atomic E-state index is 0.0994. The van der Waals surface area contributed by atoms with Crippen LogP contribution in [0.5, 0.6) is 0 Å². The van der Waals surface area contributed by atoms with E-state index in [0.29, 0.717) is 11.8 Å². The topological polar surface area (TPSA) is 9.23 Å². The third-order valence-electron chi connectivity index (χ3n) is 1.17. The number of ether oxygens (including phenoxy) is 1. The summed E-state index contributed by atoms with van der Waals surface area (Å²) in [7, 11) is 0. The Morgan fingerprint density at radius 3 is 2.00 bits per heavy atom. The Kier molecular flexibility index (Phi) is 5.18. The van der Waals surface area contributed by atoms with Gasteiger partial charge in [-0.05, 0) is 11.8 Å². The van der Waals surface area contributed by atoms with Crippen LogP contribution in [0.1, 0.15) is 27.7 Å². The van der Waals surface area contributed by atoms with Crippen molar-refractivity contribution < 1.29 is 4.74 Å². The molecule has 0 heterocycles. The predicted molar refractivity (Wildman–Crippen MR) is 48.4 cm³/mol. The molecule has 0 radical (unpaired) electrons. The van der Waals surface area contributed by atoms with Gasteiger partial charge in [-0.2, -0.15) is 0 Å². The molecule has 0 spiro atoms. The van der Waals surface area contributed by atoms with Crippen LogP contribution in [0.25, 0.3) is 0 Å². The van der Waals surface area contributed by atoms with Gasteiger partial charge in [0.2, 0.25) is 0 Å². The summed E-state index contributed by atoms with van der Waals surface area (Å²) >= 11 is 4.28. The van der Waals surface area contributed by atoms with Crippen molar-refractivity contribution in [3.63, 3.8) is 0 Å². The summed E-state index contributed by atoms with van der Waals surface area (Å²) in [4.78, 5) is 0. The highest BCUT2D eigenvalue weighted by Crippen LogP contribution is 2.11. The molecule has 0 saturated heterocycles. The second-order valence-corrected chi connectivity index (χ2v) is 3.87. The molecule has 0 aliphatic rings. The summed E-state index contributed by atoms with van der Waals surface area (Å²) in [6, 6.07) is 0. The standard InChI is InChI=1S/C8H18OS/c1-6(2)5-9-8(10)7(3)4/h6-8,10H,5H2,1-4H3. The van der Waals surface area contributed by atoms with Crippen LogP contribution in [0.2, 0.25) is 0 Å². The van der Waals surface area contributed by atoms with Gasteiger partial charge < -0.3 is 4.74 Å². The molecule has 0 aliphatic carbocycles. The second kappa shape index (κ2) is 5.03. The molecule has 0 aromatic heterocycles. The Bertz CT molecular complexity index is 81.3. The third kappa shape index (κ3) is 5.12. The van der Waals surface area contributed by atoms with Gasteiger partial charge in [-0.15, -0.1) is 12.6 Å². The van der Waals surface area contributed by atoms with Gasteiger partial charge in [0, 0.05) is 0 Å². The van der Waals surface area contributed by atoms with Crippen molar-refractivity contribution in [1.29, 1.82) is 0 Å². The van der Waals surface area contributed by atoms with Crippen molar-refractivity contribution in [3.05, 3.63) is 0 Å². The van der Waals surface area contributed by atoms with Gasteiger partial charge in [0.25, 0.3) is 0 Å². The van der Waals surface area contributed by atoms with Crippen molar-refractivity contribution in [1.82, 2.24) is 0 Å². The minimum atomic E-state index is 0.0994. The van der Waals surface area contributed by atoms with Crippen LogP contribution < -0.4 is 0 Å². The van der Waals surface area contributed by atoms with E-state index in [4.69, 9.17) is 4.74 Å². The summed E-state index contributed by atoms with van der Waals surface area (Å²) in [5.41, 5.74) is 0.0994. The fraction of sp³-hybridized carbons (Fsp3) is 1.00. The molecule has 2 heteroatoms. The molecule has 10 heavy (non-hydrogen) atoms. The fourth-order valence-electron chi connectivity index (χ4n) is 0.483. The van der Waals surface area contributed by atoms with Crippen molar-refractivity contribution in [2.75, 3.05) is 6.61 Å². The molecule has 0 amide bonds. The molecule has 1 nitrogen and oxygen atoms in total. The lowest BCUT2D eigenvalue weighted by Gasteiger charge is -2.16. The smallest absolute Gasteiger partial charge is 0.102 e. The van der Waals surface area contributed by atoms with E-state index in [1.54, 1.807) is 0 Å². The maximum Gasteiger partial charge on any atom is 0.102 e. The monoisotopic (exact) mass is 162 g/mol. The van der Waals surface area contributed by atoms with Crippen molar-refractivity contribution in [3.8, 4) is 0 Å². The van der Waals surface area contributed by atoms with Gasteiger partial charge in [0.15, 0.2) is 0 Å². The molecule has 0 bridgehead atoms. The molecule has 1 atom stereocenters. The highest BCUT2D eigenvalue weighted by atomic mass is 32.1. The third-order valence-corrected chi connectivity index (χ3v) is 1.92. The van der Waals surface area contributed by atoms with E-state index in [2.05, 4.69) is 40.3 Å². The van der Waals surface area contributed by atoms with Crippen molar-refractivity contribution in [2.24, 2.45) is 11.8 Å². The van der Waals surface area contributed by atoms with Gasteiger partial charge in [-0.25, -0.2) is 0 Å². The Balaban J connectivity index is 3.30. The minimum Gasteiger partial charge on any atom is -0.367 e. The zero-order valence-corrected chi connectivity index (χ0v) is 8.19. The number of hydrogen-bond donors (Lipinski definition) is 1. The molecule has 0 aliphatic heterocycles. The quantitative estimate of drug-likeness (QED) is 0.494. The van der Waals surface area contributed by atoms with Gasteiger partial charge in [0.05, 0.1) is 6.61 Å². The average molecular weight is 162 g/mol. The Hall–Kier alpha value is 0.310. The molecule has 0 N–H and O–H groups in total. The Morgan fingerprint density at radius 1 is 1.20 bits per heavy atom.